The van der Waals surface area contributed by atoms with Gasteiger partial charge in [-0.3, -0.25) is 4.72 Å². The van der Waals surface area contributed by atoms with Crippen LogP contribution in [0.15, 0.2) is 35.5 Å². The Labute approximate surface area is 109 Å². The SMILES string of the molecule is Cc1cccc(F)c1NS(=O)(=O)c1cnc(N)nc1. The van der Waals surface area contributed by atoms with Crippen LogP contribution in [0.1, 0.15) is 5.56 Å². The third-order valence-corrected chi connectivity index (χ3v) is 3.72. The van der Waals surface area contributed by atoms with Gasteiger partial charge in [0.1, 0.15) is 10.7 Å². The van der Waals surface area contributed by atoms with Crippen molar-refractivity contribution >= 4 is 21.7 Å². The summed E-state index contributed by atoms with van der Waals surface area (Å²) in [6, 6.07) is 4.26. The lowest BCUT2D eigenvalue weighted by Crippen LogP contribution is -2.15. The van der Waals surface area contributed by atoms with Gasteiger partial charge in [-0.05, 0) is 18.6 Å². The average Bonchev–Trinajstić information content (AvgIpc) is 2.35. The van der Waals surface area contributed by atoms with E-state index in [-0.39, 0.29) is 16.5 Å². The number of para-hydroxylation sites is 1. The highest BCUT2D eigenvalue weighted by Gasteiger charge is 2.18. The van der Waals surface area contributed by atoms with Crippen molar-refractivity contribution < 1.29 is 12.8 Å². The number of benzene rings is 1. The zero-order valence-corrected chi connectivity index (χ0v) is 10.8. The zero-order chi connectivity index (χ0) is 14.0. The van der Waals surface area contributed by atoms with Crippen molar-refractivity contribution in [1.82, 2.24) is 9.97 Å². The second kappa shape index (κ2) is 4.81. The lowest BCUT2D eigenvalue weighted by molar-refractivity contribution is 0.597. The number of hydrogen-bond donors (Lipinski definition) is 2. The van der Waals surface area contributed by atoms with Crippen LogP contribution in [0.4, 0.5) is 16.0 Å². The van der Waals surface area contributed by atoms with Crippen LogP contribution in [-0.4, -0.2) is 18.4 Å². The van der Waals surface area contributed by atoms with Gasteiger partial charge in [0.05, 0.1) is 18.1 Å². The third-order valence-electron chi connectivity index (χ3n) is 2.42. The first-order chi connectivity index (χ1) is 8.90. The number of halogens is 1. The average molecular weight is 282 g/mol. The van der Waals surface area contributed by atoms with Crippen LogP contribution >= 0.6 is 0 Å². The van der Waals surface area contributed by atoms with E-state index in [9.17, 15) is 12.8 Å². The molecule has 0 fully saturated rings. The smallest absolute Gasteiger partial charge is 0.265 e. The van der Waals surface area contributed by atoms with Crippen molar-refractivity contribution in [3.63, 3.8) is 0 Å². The molecule has 0 bridgehead atoms. The maximum Gasteiger partial charge on any atom is 0.265 e. The number of aryl methyl sites for hydroxylation is 1. The molecule has 0 aliphatic heterocycles. The molecule has 2 rings (SSSR count). The summed E-state index contributed by atoms with van der Waals surface area (Å²) in [5.74, 6) is -0.694. The normalized spacial score (nSPS) is 11.3. The van der Waals surface area contributed by atoms with Crippen LogP contribution in [0.3, 0.4) is 0 Å². The minimum Gasteiger partial charge on any atom is -0.368 e. The molecule has 0 spiro atoms. The Morgan fingerprint density at radius 2 is 1.89 bits per heavy atom. The molecule has 8 heteroatoms. The Hall–Kier alpha value is -2.22. The first kappa shape index (κ1) is 13.2. The highest BCUT2D eigenvalue weighted by molar-refractivity contribution is 7.92. The van der Waals surface area contributed by atoms with Crippen LogP contribution < -0.4 is 10.5 Å². The molecule has 0 saturated heterocycles. The van der Waals surface area contributed by atoms with Crippen molar-refractivity contribution in [2.75, 3.05) is 10.5 Å². The lowest BCUT2D eigenvalue weighted by Gasteiger charge is -2.10. The number of nitrogen functional groups attached to an aromatic ring is 1. The molecule has 0 aliphatic rings. The molecule has 6 nitrogen and oxygen atoms in total. The first-order valence-corrected chi connectivity index (χ1v) is 6.74. The van der Waals surface area contributed by atoms with Gasteiger partial charge < -0.3 is 5.73 Å². The van der Waals surface area contributed by atoms with Gasteiger partial charge in [0, 0.05) is 0 Å². The molecule has 3 N–H and O–H groups in total. The summed E-state index contributed by atoms with van der Waals surface area (Å²) in [6.07, 6.45) is 2.11. The largest absolute Gasteiger partial charge is 0.368 e. The summed E-state index contributed by atoms with van der Waals surface area (Å²) >= 11 is 0. The van der Waals surface area contributed by atoms with E-state index >= 15 is 0 Å². The summed E-state index contributed by atoms with van der Waals surface area (Å²) in [7, 11) is -3.95. The summed E-state index contributed by atoms with van der Waals surface area (Å²) in [6.45, 7) is 1.60. The molecule has 1 aromatic carbocycles. The third kappa shape index (κ3) is 2.79. The fourth-order valence-electron chi connectivity index (χ4n) is 1.42. The molecule has 0 aliphatic carbocycles. The Balaban J connectivity index is 2.39. The maximum atomic E-state index is 13.6. The van der Waals surface area contributed by atoms with Crippen molar-refractivity contribution in [2.24, 2.45) is 0 Å². The predicted molar refractivity (Wildman–Crippen MR) is 68.4 cm³/mol. The van der Waals surface area contributed by atoms with Crippen molar-refractivity contribution in [1.29, 1.82) is 0 Å². The fraction of sp³-hybridized carbons (Fsp3) is 0.0909. The number of rotatable bonds is 3. The Morgan fingerprint density at radius 3 is 2.47 bits per heavy atom. The molecule has 100 valence electrons. The zero-order valence-electron chi connectivity index (χ0n) is 9.96. The van der Waals surface area contributed by atoms with E-state index in [1.54, 1.807) is 13.0 Å². The summed E-state index contributed by atoms with van der Waals surface area (Å²) in [5.41, 5.74) is 5.65. The molecule has 0 unspecified atom stereocenters. The molecule has 19 heavy (non-hydrogen) atoms. The van der Waals surface area contributed by atoms with Gasteiger partial charge in [-0.25, -0.2) is 22.8 Å². The number of anilines is 2. The maximum absolute atomic E-state index is 13.6. The minimum absolute atomic E-state index is 0.0407. The molecule has 0 saturated carbocycles. The molecule has 0 radical (unpaired) electrons. The quantitative estimate of drug-likeness (QED) is 0.884. The minimum atomic E-state index is -3.95. The van der Waals surface area contributed by atoms with Gasteiger partial charge in [-0.2, -0.15) is 0 Å². The molecular weight excluding hydrogens is 271 g/mol. The first-order valence-electron chi connectivity index (χ1n) is 5.25. The van der Waals surface area contributed by atoms with Gasteiger partial charge in [-0.15, -0.1) is 0 Å². The van der Waals surface area contributed by atoms with Crippen molar-refractivity contribution in [3.8, 4) is 0 Å². The van der Waals surface area contributed by atoms with E-state index in [0.29, 0.717) is 5.56 Å². The van der Waals surface area contributed by atoms with Gasteiger partial charge in [0.25, 0.3) is 10.0 Å². The van der Waals surface area contributed by atoms with Crippen LogP contribution in [0.5, 0.6) is 0 Å². The standard InChI is InChI=1S/C11H11FN4O2S/c1-7-3-2-4-9(12)10(7)16-19(17,18)8-5-14-11(13)15-6-8/h2-6,16H,1H3,(H2,13,14,15). The topological polar surface area (TPSA) is 98.0 Å². The molecule has 1 aromatic heterocycles. The van der Waals surface area contributed by atoms with Crippen LogP contribution in [0.2, 0.25) is 0 Å². The van der Waals surface area contributed by atoms with E-state index in [1.165, 1.54) is 12.1 Å². The summed E-state index contributed by atoms with van der Waals surface area (Å²) in [5, 5.41) is 0. The molecule has 0 atom stereocenters. The lowest BCUT2D eigenvalue weighted by atomic mass is 10.2. The van der Waals surface area contributed by atoms with Gasteiger partial charge in [-0.1, -0.05) is 12.1 Å². The molecular formula is C11H11FN4O2S. The van der Waals surface area contributed by atoms with Crippen molar-refractivity contribution in [2.45, 2.75) is 11.8 Å². The summed E-state index contributed by atoms with van der Waals surface area (Å²) < 4.78 is 39.8. The number of aromatic nitrogens is 2. The molecule has 2 aromatic rings. The van der Waals surface area contributed by atoms with Crippen LogP contribution in [-0.2, 0) is 10.0 Å². The van der Waals surface area contributed by atoms with Gasteiger partial charge in [0.2, 0.25) is 5.95 Å². The molecule has 1 heterocycles. The van der Waals surface area contributed by atoms with E-state index in [1.807, 2.05) is 0 Å². The highest BCUT2D eigenvalue weighted by Crippen LogP contribution is 2.22. The predicted octanol–water partition coefficient (Wildman–Crippen LogP) is 1.31. The van der Waals surface area contributed by atoms with E-state index in [0.717, 1.165) is 12.4 Å². The number of sulfonamides is 1. The van der Waals surface area contributed by atoms with Gasteiger partial charge >= 0.3 is 0 Å². The summed E-state index contributed by atoms with van der Waals surface area (Å²) in [4.78, 5) is 6.98. The monoisotopic (exact) mass is 282 g/mol. The van der Waals surface area contributed by atoms with Crippen LogP contribution in [0, 0.1) is 12.7 Å². The highest BCUT2D eigenvalue weighted by atomic mass is 32.2. The number of nitrogens with zero attached hydrogens (tertiary/aromatic N) is 2. The Kier molecular flexibility index (Phi) is 3.34. The Morgan fingerprint density at radius 1 is 1.26 bits per heavy atom. The van der Waals surface area contributed by atoms with E-state index in [4.69, 9.17) is 5.73 Å². The van der Waals surface area contributed by atoms with Crippen molar-refractivity contribution in [3.05, 3.63) is 42.0 Å². The second-order valence-electron chi connectivity index (χ2n) is 3.81. The second-order valence-corrected chi connectivity index (χ2v) is 5.50. The van der Waals surface area contributed by atoms with E-state index in [2.05, 4.69) is 14.7 Å². The number of nitrogens with two attached hydrogens (primary N) is 1. The van der Waals surface area contributed by atoms with E-state index < -0.39 is 15.8 Å². The Bertz CT molecular complexity index is 681. The number of nitrogens with one attached hydrogen (secondary N) is 1. The van der Waals surface area contributed by atoms with Crippen LogP contribution in [0.25, 0.3) is 0 Å². The molecule has 0 amide bonds. The van der Waals surface area contributed by atoms with Gasteiger partial charge in [0.15, 0.2) is 0 Å². The fourth-order valence-corrected chi connectivity index (χ4v) is 2.45. The number of hydrogen-bond acceptors (Lipinski definition) is 5.